The number of aliphatic hydroxyl groups is 1. The summed E-state index contributed by atoms with van der Waals surface area (Å²) in [7, 11) is 0. The topological polar surface area (TPSA) is 83.6 Å². The number of nitrogens with two attached hydrogens (primary N) is 1. The van der Waals surface area contributed by atoms with Crippen LogP contribution in [-0.4, -0.2) is 35.1 Å². The maximum atomic E-state index is 11.6. The van der Waals surface area contributed by atoms with Crippen molar-refractivity contribution in [2.75, 3.05) is 13.2 Å². The summed E-state index contributed by atoms with van der Waals surface area (Å²) in [5.74, 6) is -0.534. The molecule has 5 heteroatoms. The first-order valence-corrected chi connectivity index (χ1v) is 4.76. The van der Waals surface area contributed by atoms with Crippen LogP contribution in [0, 0.1) is 6.42 Å². The summed E-state index contributed by atoms with van der Waals surface area (Å²) >= 11 is 0. The molecule has 1 radical (unpaired) electrons. The fourth-order valence-electron chi connectivity index (χ4n) is 1.20. The Morgan fingerprint density at radius 2 is 1.94 bits per heavy atom. The van der Waals surface area contributed by atoms with Gasteiger partial charge >= 0.3 is 6.03 Å². The van der Waals surface area contributed by atoms with Crippen molar-refractivity contribution in [2.24, 2.45) is 5.73 Å². The van der Waals surface area contributed by atoms with E-state index >= 15 is 0 Å². The van der Waals surface area contributed by atoms with Crippen LogP contribution in [0.1, 0.15) is 5.56 Å². The molecule has 16 heavy (non-hydrogen) atoms. The minimum atomic E-state index is -0.869. The third-order valence-corrected chi connectivity index (χ3v) is 1.95. The van der Waals surface area contributed by atoms with Crippen LogP contribution in [0.5, 0.6) is 0 Å². The lowest BCUT2D eigenvalue weighted by molar-refractivity contribution is -0.124. The van der Waals surface area contributed by atoms with Crippen LogP contribution in [-0.2, 0) is 4.79 Å². The number of hydrogen-bond acceptors (Lipinski definition) is 3. The number of carbonyl (C=O) groups excluding carboxylic acids is 2. The van der Waals surface area contributed by atoms with Gasteiger partial charge in [-0.15, -0.1) is 0 Å². The molecule has 0 bridgehead atoms. The monoisotopic (exact) mass is 221 g/mol. The normalized spacial score (nSPS) is 9.81. The average molecular weight is 221 g/mol. The Kier molecular flexibility index (Phi) is 4.47. The molecule has 0 unspecified atom stereocenters. The Bertz CT molecular complexity index is 365. The number of primary amides is 1. The lowest BCUT2D eigenvalue weighted by Crippen LogP contribution is -2.42. The van der Waals surface area contributed by atoms with E-state index in [1.165, 1.54) is 6.42 Å². The van der Waals surface area contributed by atoms with E-state index < -0.39 is 11.9 Å². The highest BCUT2D eigenvalue weighted by atomic mass is 16.3. The van der Waals surface area contributed by atoms with E-state index in [9.17, 15) is 9.59 Å². The molecule has 0 fully saturated rings. The van der Waals surface area contributed by atoms with Gasteiger partial charge in [-0.3, -0.25) is 9.69 Å². The average Bonchev–Trinajstić information content (AvgIpc) is 2.26. The largest absolute Gasteiger partial charge is 0.395 e. The van der Waals surface area contributed by atoms with E-state index in [-0.39, 0.29) is 13.2 Å². The van der Waals surface area contributed by atoms with Gasteiger partial charge in [0, 0.05) is 0 Å². The number of amides is 3. The quantitative estimate of drug-likeness (QED) is 0.758. The molecule has 0 saturated carbocycles. The maximum Gasteiger partial charge on any atom is 0.321 e. The third-order valence-electron chi connectivity index (χ3n) is 1.95. The molecule has 0 heterocycles. The molecule has 0 aliphatic carbocycles. The van der Waals surface area contributed by atoms with E-state index in [0.717, 1.165) is 4.90 Å². The first-order chi connectivity index (χ1) is 7.65. The zero-order valence-electron chi connectivity index (χ0n) is 8.67. The van der Waals surface area contributed by atoms with Crippen LogP contribution in [0.4, 0.5) is 4.79 Å². The summed E-state index contributed by atoms with van der Waals surface area (Å²) in [6.45, 7) is -0.408. The molecule has 0 atom stereocenters. The van der Waals surface area contributed by atoms with E-state index in [2.05, 4.69) is 0 Å². The summed E-state index contributed by atoms with van der Waals surface area (Å²) < 4.78 is 0. The maximum absolute atomic E-state index is 11.6. The van der Waals surface area contributed by atoms with Crippen molar-refractivity contribution in [3.05, 3.63) is 42.3 Å². The van der Waals surface area contributed by atoms with Crippen molar-refractivity contribution in [3.8, 4) is 0 Å². The van der Waals surface area contributed by atoms with E-state index in [1.54, 1.807) is 24.3 Å². The fraction of sp³-hybridized carbons (Fsp3) is 0.182. The summed E-state index contributed by atoms with van der Waals surface area (Å²) in [4.78, 5) is 23.3. The second-order valence-electron chi connectivity index (χ2n) is 3.11. The second kappa shape index (κ2) is 5.87. The first-order valence-electron chi connectivity index (χ1n) is 4.76. The molecule has 85 valence electrons. The van der Waals surface area contributed by atoms with Gasteiger partial charge in [-0.2, -0.15) is 0 Å². The highest BCUT2D eigenvalue weighted by molar-refractivity contribution is 6.00. The number of urea groups is 1. The lowest BCUT2D eigenvalue weighted by atomic mass is 10.1. The van der Waals surface area contributed by atoms with Gasteiger partial charge in [0.25, 0.3) is 0 Å². The van der Waals surface area contributed by atoms with Gasteiger partial charge in [0.05, 0.1) is 19.6 Å². The molecule has 0 spiro atoms. The van der Waals surface area contributed by atoms with Crippen molar-refractivity contribution in [1.82, 2.24) is 4.90 Å². The van der Waals surface area contributed by atoms with Gasteiger partial charge < -0.3 is 10.8 Å². The molecule has 1 rings (SSSR count). The van der Waals surface area contributed by atoms with Gasteiger partial charge in [-0.1, -0.05) is 30.3 Å². The third kappa shape index (κ3) is 3.36. The van der Waals surface area contributed by atoms with Crippen molar-refractivity contribution in [2.45, 2.75) is 0 Å². The smallest absolute Gasteiger partial charge is 0.321 e. The molecule has 5 nitrogen and oxygen atoms in total. The van der Waals surface area contributed by atoms with Crippen LogP contribution in [0.15, 0.2) is 30.3 Å². The van der Waals surface area contributed by atoms with Crippen molar-refractivity contribution >= 4 is 11.9 Å². The van der Waals surface area contributed by atoms with Crippen LogP contribution in [0.3, 0.4) is 0 Å². The number of aliphatic hydroxyl groups excluding tert-OH is 1. The molecule has 0 aromatic heterocycles. The first kappa shape index (κ1) is 12.2. The zero-order chi connectivity index (χ0) is 12.0. The number of imide groups is 1. The second-order valence-corrected chi connectivity index (χ2v) is 3.11. The standard InChI is InChI=1S/C11H13N2O3/c12-11(16)13(6-7-14)10(15)8-9-4-2-1-3-5-9/h1-5,8,14H,6-7H2,(H2,12,16). The SMILES string of the molecule is NC(=O)N(CCO)C(=O)[CH]c1ccccc1. The molecule has 0 aliphatic rings. The Hall–Kier alpha value is -1.88. The van der Waals surface area contributed by atoms with Gasteiger partial charge in [0.15, 0.2) is 0 Å². The molecule has 1 aromatic carbocycles. The van der Waals surface area contributed by atoms with Crippen LogP contribution in [0.2, 0.25) is 0 Å². The summed E-state index contributed by atoms with van der Waals surface area (Å²) in [5, 5.41) is 8.68. The van der Waals surface area contributed by atoms with E-state index in [4.69, 9.17) is 10.8 Å². The van der Waals surface area contributed by atoms with Gasteiger partial charge in [-0.25, -0.2) is 4.79 Å². The van der Waals surface area contributed by atoms with Crippen LogP contribution in [0.25, 0.3) is 0 Å². The van der Waals surface area contributed by atoms with Gasteiger partial charge in [-0.05, 0) is 5.56 Å². The van der Waals surface area contributed by atoms with Crippen molar-refractivity contribution < 1.29 is 14.7 Å². The molecule has 1 aromatic rings. The molecular weight excluding hydrogens is 208 g/mol. The minimum absolute atomic E-state index is 0.0997. The minimum Gasteiger partial charge on any atom is -0.395 e. The summed E-state index contributed by atoms with van der Waals surface area (Å²) in [5.41, 5.74) is 5.69. The van der Waals surface area contributed by atoms with Crippen LogP contribution >= 0.6 is 0 Å². The highest BCUT2D eigenvalue weighted by Crippen LogP contribution is 2.04. The number of carbonyl (C=O) groups is 2. The van der Waals surface area contributed by atoms with Crippen molar-refractivity contribution in [1.29, 1.82) is 0 Å². The molecular formula is C11H13N2O3. The number of rotatable bonds is 4. The van der Waals surface area contributed by atoms with Crippen LogP contribution < -0.4 is 5.73 Å². The van der Waals surface area contributed by atoms with Crippen molar-refractivity contribution in [3.63, 3.8) is 0 Å². The Morgan fingerprint density at radius 1 is 1.31 bits per heavy atom. The lowest BCUT2D eigenvalue weighted by Gasteiger charge is -2.16. The van der Waals surface area contributed by atoms with Gasteiger partial charge in [0.2, 0.25) is 5.91 Å². The Labute approximate surface area is 93.5 Å². The molecule has 0 aliphatic heterocycles. The summed E-state index contributed by atoms with van der Waals surface area (Å²) in [6.07, 6.45) is 1.29. The number of benzene rings is 1. The Morgan fingerprint density at radius 3 is 2.44 bits per heavy atom. The molecule has 3 N–H and O–H groups in total. The van der Waals surface area contributed by atoms with E-state index in [0.29, 0.717) is 5.56 Å². The predicted molar refractivity (Wildman–Crippen MR) is 58.2 cm³/mol. The fourth-order valence-corrected chi connectivity index (χ4v) is 1.20. The van der Waals surface area contributed by atoms with Gasteiger partial charge in [0.1, 0.15) is 0 Å². The predicted octanol–water partition coefficient (Wildman–Crippen LogP) is 0.139. The Balaban J connectivity index is 2.66. The number of hydrogen-bond donors (Lipinski definition) is 2. The highest BCUT2D eigenvalue weighted by Gasteiger charge is 2.18. The zero-order valence-corrected chi connectivity index (χ0v) is 8.67. The molecule has 0 saturated heterocycles. The molecule has 3 amide bonds. The van der Waals surface area contributed by atoms with E-state index in [1.807, 2.05) is 6.07 Å². The summed E-state index contributed by atoms with van der Waals surface area (Å²) in [6, 6.07) is 7.97. The number of nitrogens with zero attached hydrogens (tertiary/aromatic N) is 1.